The van der Waals surface area contributed by atoms with E-state index in [4.69, 9.17) is 4.74 Å². The number of carbonyl (C=O) groups excluding carboxylic acids is 1. The Bertz CT molecular complexity index is 595. The Kier molecular flexibility index (Phi) is 4.60. The normalized spacial score (nSPS) is 23.7. The standard InChI is InChI=1S/C13H16FNO5S/c14-10-2-4-11(5-3-10)21(18,19)12(20-9-17)13(8-16)6-1-7-15-13/h2-5,9,12,15-16H,1,6-8H2. The fourth-order valence-corrected chi connectivity index (χ4v) is 4.36. The van der Waals surface area contributed by atoms with E-state index in [9.17, 15) is 22.7 Å². The lowest BCUT2D eigenvalue weighted by molar-refractivity contribution is -0.133. The second-order valence-electron chi connectivity index (χ2n) is 4.91. The van der Waals surface area contributed by atoms with Crippen molar-refractivity contribution in [3.05, 3.63) is 30.1 Å². The lowest BCUT2D eigenvalue weighted by Gasteiger charge is -2.34. The van der Waals surface area contributed by atoms with E-state index in [1.165, 1.54) is 0 Å². The van der Waals surface area contributed by atoms with Crippen LogP contribution >= 0.6 is 0 Å². The van der Waals surface area contributed by atoms with Gasteiger partial charge in [-0.2, -0.15) is 0 Å². The molecule has 1 saturated heterocycles. The first-order chi connectivity index (χ1) is 9.96. The summed E-state index contributed by atoms with van der Waals surface area (Å²) in [4.78, 5) is 10.5. The molecule has 0 spiro atoms. The predicted octanol–water partition coefficient (Wildman–Crippen LogP) is 0.213. The predicted molar refractivity (Wildman–Crippen MR) is 71.6 cm³/mol. The first-order valence-electron chi connectivity index (χ1n) is 6.41. The van der Waals surface area contributed by atoms with E-state index in [2.05, 4.69) is 5.32 Å². The van der Waals surface area contributed by atoms with Crippen molar-refractivity contribution >= 4 is 16.3 Å². The molecule has 1 aliphatic rings. The number of hydrogen-bond acceptors (Lipinski definition) is 6. The average molecular weight is 317 g/mol. The van der Waals surface area contributed by atoms with E-state index in [0.29, 0.717) is 19.4 Å². The molecule has 0 aliphatic carbocycles. The highest BCUT2D eigenvalue weighted by atomic mass is 32.2. The van der Waals surface area contributed by atoms with Crippen molar-refractivity contribution in [1.82, 2.24) is 5.32 Å². The van der Waals surface area contributed by atoms with Crippen molar-refractivity contribution < 1.29 is 27.4 Å². The highest BCUT2D eigenvalue weighted by Gasteiger charge is 2.50. The van der Waals surface area contributed by atoms with Gasteiger partial charge in [0.15, 0.2) is 0 Å². The number of halogens is 1. The highest BCUT2D eigenvalue weighted by molar-refractivity contribution is 7.92. The number of hydrogen-bond donors (Lipinski definition) is 2. The summed E-state index contributed by atoms with van der Waals surface area (Å²) in [5, 5.41) is 12.5. The van der Waals surface area contributed by atoms with E-state index < -0.39 is 33.2 Å². The van der Waals surface area contributed by atoms with Crippen molar-refractivity contribution in [2.24, 2.45) is 0 Å². The third kappa shape index (κ3) is 2.92. The Morgan fingerprint density at radius 3 is 2.57 bits per heavy atom. The van der Waals surface area contributed by atoms with Crippen LogP contribution in [0, 0.1) is 5.82 Å². The molecule has 0 saturated carbocycles. The number of aliphatic hydroxyl groups is 1. The molecule has 0 bridgehead atoms. The first-order valence-corrected chi connectivity index (χ1v) is 7.95. The molecule has 1 aromatic rings. The van der Waals surface area contributed by atoms with Crippen LogP contribution in [0.4, 0.5) is 4.39 Å². The van der Waals surface area contributed by atoms with E-state index in [0.717, 1.165) is 24.3 Å². The lowest BCUT2D eigenvalue weighted by Crippen LogP contribution is -2.57. The second-order valence-corrected chi connectivity index (χ2v) is 6.90. The van der Waals surface area contributed by atoms with E-state index >= 15 is 0 Å². The van der Waals surface area contributed by atoms with Gasteiger partial charge in [0.2, 0.25) is 15.3 Å². The van der Waals surface area contributed by atoms with Gasteiger partial charge >= 0.3 is 0 Å². The monoisotopic (exact) mass is 317 g/mol. The smallest absolute Gasteiger partial charge is 0.294 e. The van der Waals surface area contributed by atoms with Crippen LogP contribution in [-0.2, 0) is 19.4 Å². The maximum Gasteiger partial charge on any atom is 0.294 e. The van der Waals surface area contributed by atoms with Crippen molar-refractivity contribution in [2.75, 3.05) is 13.2 Å². The van der Waals surface area contributed by atoms with Crippen LogP contribution in [0.1, 0.15) is 12.8 Å². The highest BCUT2D eigenvalue weighted by Crippen LogP contribution is 2.31. The second kappa shape index (κ2) is 6.08. The van der Waals surface area contributed by atoms with Crippen LogP contribution in [0.5, 0.6) is 0 Å². The summed E-state index contributed by atoms with van der Waals surface area (Å²) in [6.07, 6.45) is 1.00. The number of aliphatic hydroxyl groups excluding tert-OH is 1. The van der Waals surface area contributed by atoms with Gasteiger partial charge < -0.3 is 15.2 Å². The summed E-state index contributed by atoms with van der Waals surface area (Å²) in [5.74, 6) is -0.572. The molecule has 1 aromatic carbocycles. The van der Waals surface area contributed by atoms with Crippen LogP contribution in [-0.4, -0.2) is 44.1 Å². The number of nitrogens with one attached hydrogen (secondary N) is 1. The van der Waals surface area contributed by atoms with Gasteiger partial charge in [-0.1, -0.05) is 0 Å². The number of sulfone groups is 1. The minimum absolute atomic E-state index is 0.0448. The molecule has 0 aromatic heterocycles. The van der Waals surface area contributed by atoms with Gasteiger partial charge in [0.25, 0.3) is 6.47 Å². The van der Waals surface area contributed by atoms with Crippen molar-refractivity contribution in [2.45, 2.75) is 28.7 Å². The van der Waals surface area contributed by atoms with E-state index in [1.807, 2.05) is 0 Å². The van der Waals surface area contributed by atoms with Crippen LogP contribution in [0.3, 0.4) is 0 Å². The minimum atomic E-state index is -4.08. The van der Waals surface area contributed by atoms with Gasteiger partial charge in [-0.3, -0.25) is 4.79 Å². The average Bonchev–Trinajstić information content (AvgIpc) is 2.95. The molecule has 21 heavy (non-hydrogen) atoms. The van der Waals surface area contributed by atoms with Gasteiger partial charge in [0, 0.05) is 0 Å². The molecule has 1 fully saturated rings. The van der Waals surface area contributed by atoms with Crippen molar-refractivity contribution in [1.29, 1.82) is 0 Å². The first kappa shape index (κ1) is 15.9. The molecule has 116 valence electrons. The van der Waals surface area contributed by atoms with Crippen molar-refractivity contribution in [3.63, 3.8) is 0 Å². The van der Waals surface area contributed by atoms with Crippen LogP contribution in [0.2, 0.25) is 0 Å². The number of rotatable bonds is 6. The molecule has 2 rings (SSSR count). The maximum absolute atomic E-state index is 12.9. The van der Waals surface area contributed by atoms with Gasteiger partial charge in [-0.25, -0.2) is 12.8 Å². The fourth-order valence-electron chi connectivity index (χ4n) is 2.54. The molecule has 1 heterocycles. The summed E-state index contributed by atoms with van der Waals surface area (Å²) in [6, 6.07) is 4.23. The molecule has 0 radical (unpaired) electrons. The van der Waals surface area contributed by atoms with E-state index in [1.54, 1.807) is 0 Å². The SMILES string of the molecule is O=COC(C1(CO)CCCN1)S(=O)(=O)c1ccc(F)cc1. The Balaban J connectivity index is 2.45. The Morgan fingerprint density at radius 2 is 2.10 bits per heavy atom. The topological polar surface area (TPSA) is 92.7 Å². The molecule has 2 unspecified atom stereocenters. The Labute approximate surface area is 121 Å². The summed E-state index contributed by atoms with van der Waals surface area (Å²) in [5.41, 5.74) is -2.81. The molecule has 2 N–H and O–H groups in total. The Hall–Kier alpha value is -1.51. The molecular formula is C13H16FNO5S. The van der Waals surface area contributed by atoms with Gasteiger partial charge in [-0.05, 0) is 43.7 Å². The summed E-state index contributed by atoms with van der Waals surface area (Å²) < 4.78 is 43.0. The van der Waals surface area contributed by atoms with Crippen LogP contribution in [0.25, 0.3) is 0 Å². The molecule has 2 atom stereocenters. The zero-order valence-corrected chi connectivity index (χ0v) is 12.0. The van der Waals surface area contributed by atoms with Gasteiger partial charge in [0.05, 0.1) is 17.0 Å². The fraction of sp³-hybridized carbons (Fsp3) is 0.462. The van der Waals surface area contributed by atoms with Crippen molar-refractivity contribution in [3.8, 4) is 0 Å². The van der Waals surface area contributed by atoms with E-state index in [-0.39, 0.29) is 11.4 Å². The third-order valence-electron chi connectivity index (χ3n) is 3.61. The summed E-state index contributed by atoms with van der Waals surface area (Å²) in [6.45, 7) is 0.0628. The maximum atomic E-state index is 12.9. The molecule has 1 aliphatic heterocycles. The van der Waals surface area contributed by atoms with Gasteiger partial charge in [0.1, 0.15) is 5.82 Å². The molecule has 6 nitrogen and oxygen atoms in total. The minimum Gasteiger partial charge on any atom is -0.446 e. The van der Waals surface area contributed by atoms with Crippen LogP contribution < -0.4 is 5.32 Å². The van der Waals surface area contributed by atoms with Gasteiger partial charge in [-0.15, -0.1) is 0 Å². The number of ether oxygens (including phenoxy) is 1. The zero-order chi connectivity index (χ0) is 15.5. The third-order valence-corrected chi connectivity index (χ3v) is 5.67. The molecule has 0 amide bonds. The molecule has 8 heteroatoms. The number of benzene rings is 1. The number of carbonyl (C=O) groups is 1. The summed E-state index contributed by atoms with van der Waals surface area (Å²) in [7, 11) is -4.08. The largest absolute Gasteiger partial charge is 0.446 e. The van der Waals surface area contributed by atoms with Crippen LogP contribution in [0.15, 0.2) is 29.2 Å². The molecular weight excluding hydrogens is 301 g/mol. The quantitative estimate of drug-likeness (QED) is 0.576. The summed E-state index contributed by atoms with van der Waals surface area (Å²) >= 11 is 0. The Morgan fingerprint density at radius 1 is 1.43 bits per heavy atom. The zero-order valence-electron chi connectivity index (χ0n) is 11.2. The lowest BCUT2D eigenvalue weighted by atomic mass is 10.00.